The Bertz CT molecular complexity index is 420. The fraction of sp³-hybridized carbons (Fsp3) is 0.600. The van der Waals surface area contributed by atoms with Gasteiger partial charge in [0, 0.05) is 11.1 Å². The minimum atomic E-state index is 0.169. The van der Waals surface area contributed by atoms with Crippen LogP contribution in [0.5, 0.6) is 11.5 Å². The molecule has 1 aromatic rings. The number of nitrogens with one attached hydrogen (secondary N) is 1. The lowest BCUT2D eigenvalue weighted by atomic mass is 9.97. The van der Waals surface area contributed by atoms with E-state index in [1.54, 1.807) is 14.2 Å². The number of hydrogen-bond acceptors (Lipinski definition) is 4. The van der Waals surface area contributed by atoms with Crippen molar-refractivity contribution in [2.45, 2.75) is 25.8 Å². The summed E-state index contributed by atoms with van der Waals surface area (Å²) >= 11 is 0. The third kappa shape index (κ3) is 3.01. The zero-order valence-corrected chi connectivity index (χ0v) is 12.0. The molecule has 1 aliphatic rings. The van der Waals surface area contributed by atoms with Gasteiger partial charge >= 0.3 is 0 Å². The molecule has 1 heterocycles. The largest absolute Gasteiger partial charge is 0.496 e. The Morgan fingerprint density at radius 1 is 1.26 bits per heavy atom. The highest BCUT2D eigenvalue weighted by Gasteiger charge is 2.25. The second-order valence-corrected chi connectivity index (χ2v) is 4.69. The molecule has 1 N–H and O–H groups in total. The van der Waals surface area contributed by atoms with E-state index in [0.29, 0.717) is 6.61 Å². The van der Waals surface area contributed by atoms with Gasteiger partial charge in [0.05, 0.1) is 33.5 Å². The summed E-state index contributed by atoms with van der Waals surface area (Å²) in [5.41, 5.74) is 2.39. The van der Waals surface area contributed by atoms with Crippen LogP contribution in [0.2, 0.25) is 0 Å². The number of rotatable bonds is 5. The third-order valence-electron chi connectivity index (χ3n) is 3.48. The molecule has 0 aliphatic carbocycles. The van der Waals surface area contributed by atoms with Gasteiger partial charge in [0.2, 0.25) is 0 Å². The molecule has 0 fully saturated rings. The van der Waals surface area contributed by atoms with Gasteiger partial charge in [0.1, 0.15) is 11.5 Å². The zero-order chi connectivity index (χ0) is 13.7. The van der Waals surface area contributed by atoms with Crippen LogP contribution in [0.4, 0.5) is 0 Å². The van der Waals surface area contributed by atoms with E-state index in [9.17, 15) is 0 Å². The number of hydrogen-bond donors (Lipinski definition) is 1. The Hall–Kier alpha value is -1.26. The molecule has 0 spiro atoms. The summed E-state index contributed by atoms with van der Waals surface area (Å²) < 4.78 is 16.7. The molecule has 0 radical (unpaired) electrons. The van der Waals surface area contributed by atoms with Gasteiger partial charge in [-0.25, -0.2) is 0 Å². The van der Waals surface area contributed by atoms with E-state index in [1.807, 2.05) is 12.1 Å². The average Bonchev–Trinajstić information content (AvgIpc) is 2.66. The van der Waals surface area contributed by atoms with Crippen LogP contribution in [0.15, 0.2) is 12.1 Å². The molecule has 4 nitrogen and oxygen atoms in total. The monoisotopic (exact) mass is 265 g/mol. The first-order chi connectivity index (χ1) is 9.31. The Labute approximate surface area is 115 Å². The summed E-state index contributed by atoms with van der Waals surface area (Å²) in [5, 5.41) is 3.53. The highest BCUT2D eigenvalue weighted by atomic mass is 16.5. The summed E-state index contributed by atoms with van der Waals surface area (Å²) in [6.45, 7) is 4.53. The molecule has 0 aromatic heterocycles. The van der Waals surface area contributed by atoms with Crippen molar-refractivity contribution < 1.29 is 14.2 Å². The smallest absolute Gasteiger partial charge is 0.124 e. The van der Waals surface area contributed by atoms with E-state index in [2.05, 4.69) is 12.2 Å². The van der Waals surface area contributed by atoms with Crippen LogP contribution in [0.3, 0.4) is 0 Å². The van der Waals surface area contributed by atoms with Crippen LogP contribution in [-0.4, -0.2) is 34.0 Å². The summed E-state index contributed by atoms with van der Waals surface area (Å²) in [5.74, 6) is 1.83. The molecular weight excluding hydrogens is 242 g/mol. The Kier molecular flexibility index (Phi) is 5.05. The van der Waals surface area contributed by atoms with Gasteiger partial charge < -0.3 is 19.5 Å². The number of methoxy groups -OCH3 is 2. The van der Waals surface area contributed by atoms with E-state index in [1.165, 1.54) is 11.1 Å². The minimum absolute atomic E-state index is 0.169. The number of fused-ring (bicyclic) bond motifs is 1. The van der Waals surface area contributed by atoms with Gasteiger partial charge in [-0.15, -0.1) is 0 Å². The third-order valence-corrected chi connectivity index (χ3v) is 3.48. The maximum Gasteiger partial charge on any atom is 0.124 e. The molecule has 2 rings (SSSR count). The van der Waals surface area contributed by atoms with Crippen molar-refractivity contribution in [3.05, 3.63) is 23.3 Å². The average molecular weight is 265 g/mol. The van der Waals surface area contributed by atoms with Crippen LogP contribution in [0.1, 0.15) is 30.5 Å². The topological polar surface area (TPSA) is 39.7 Å². The molecular formula is C15H23NO3. The molecule has 4 heteroatoms. The molecule has 106 valence electrons. The van der Waals surface area contributed by atoms with E-state index < -0.39 is 0 Å². The summed E-state index contributed by atoms with van der Waals surface area (Å²) in [7, 11) is 3.42. The van der Waals surface area contributed by atoms with Crippen LogP contribution >= 0.6 is 0 Å². The van der Waals surface area contributed by atoms with Crippen molar-refractivity contribution in [1.29, 1.82) is 0 Å². The van der Waals surface area contributed by atoms with Crippen LogP contribution < -0.4 is 14.8 Å². The molecule has 1 aliphatic heterocycles. The molecule has 1 atom stereocenters. The molecule has 0 saturated carbocycles. The van der Waals surface area contributed by atoms with Crippen molar-refractivity contribution in [3.63, 3.8) is 0 Å². The summed E-state index contributed by atoms with van der Waals surface area (Å²) in [4.78, 5) is 0. The van der Waals surface area contributed by atoms with Gasteiger partial charge in [0.25, 0.3) is 0 Å². The molecule has 0 saturated heterocycles. The van der Waals surface area contributed by atoms with Gasteiger partial charge in [-0.3, -0.25) is 0 Å². The lowest BCUT2D eigenvalue weighted by Crippen LogP contribution is -2.26. The first-order valence-corrected chi connectivity index (χ1v) is 6.86. The molecule has 0 bridgehead atoms. The molecule has 19 heavy (non-hydrogen) atoms. The van der Waals surface area contributed by atoms with Crippen LogP contribution in [0.25, 0.3) is 0 Å². The number of benzene rings is 1. The fourth-order valence-electron chi connectivity index (χ4n) is 2.57. The Morgan fingerprint density at radius 2 is 2.00 bits per heavy atom. The van der Waals surface area contributed by atoms with Gasteiger partial charge in [0.15, 0.2) is 0 Å². The fourth-order valence-corrected chi connectivity index (χ4v) is 2.57. The highest BCUT2D eigenvalue weighted by molar-refractivity contribution is 5.51. The Morgan fingerprint density at radius 3 is 2.68 bits per heavy atom. The maximum atomic E-state index is 5.71. The van der Waals surface area contributed by atoms with Gasteiger partial charge in [-0.2, -0.15) is 0 Å². The zero-order valence-electron chi connectivity index (χ0n) is 12.0. The standard InChI is InChI=1S/C15H23NO3/c1-4-8-16-12-10-19-9-7-11-13(17-2)5-6-14(18-3)15(11)12/h5-6,12,16H,4,7-10H2,1-3H3. The lowest BCUT2D eigenvalue weighted by molar-refractivity contribution is 0.121. The second kappa shape index (κ2) is 6.78. The van der Waals surface area contributed by atoms with Crippen molar-refractivity contribution in [2.24, 2.45) is 0 Å². The highest BCUT2D eigenvalue weighted by Crippen LogP contribution is 2.37. The van der Waals surface area contributed by atoms with E-state index in [0.717, 1.165) is 37.5 Å². The minimum Gasteiger partial charge on any atom is -0.496 e. The first-order valence-electron chi connectivity index (χ1n) is 6.86. The molecule has 1 aromatic carbocycles. The summed E-state index contributed by atoms with van der Waals surface area (Å²) in [6, 6.07) is 4.12. The van der Waals surface area contributed by atoms with Crippen molar-refractivity contribution in [3.8, 4) is 11.5 Å². The van der Waals surface area contributed by atoms with Crippen molar-refractivity contribution >= 4 is 0 Å². The maximum absolute atomic E-state index is 5.71. The summed E-state index contributed by atoms with van der Waals surface area (Å²) in [6.07, 6.45) is 1.96. The predicted octanol–water partition coefficient (Wildman–Crippen LogP) is 2.32. The van der Waals surface area contributed by atoms with Gasteiger partial charge in [-0.05, 0) is 31.5 Å². The Balaban J connectivity index is 2.43. The SMILES string of the molecule is CCCNC1COCCc2c(OC)ccc(OC)c21. The van der Waals surface area contributed by atoms with Crippen LogP contribution in [-0.2, 0) is 11.2 Å². The normalized spacial score (nSPS) is 18.6. The first kappa shape index (κ1) is 14.2. The van der Waals surface area contributed by atoms with E-state index in [4.69, 9.17) is 14.2 Å². The van der Waals surface area contributed by atoms with Crippen LogP contribution in [0, 0.1) is 0 Å². The molecule has 0 amide bonds. The molecule has 1 unspecified atom stereocenters. The lowest BCUT2D eigenvalue weighted by Gasteiger charge is -2.22. The van der Waals surface area contributed by atoms with E-state index in [-0.39, 0.29) is 6.04 Å². The van der Waals surface area contributed by atoms with Gasteiger partial charge in [-0.1, -0.05) is 6.92 Å². The number of ether oxygens (including phenoxy) is 3. The van der Waals surface area contributed by atoms with E-state index >= 15 is 0 Å². The quantitative estimate of drug-likeness (QED) is 0.887. The van der Waals surface area contributed by atoms with Crippen molar-refractivity contribution in [2.75, 3.05) is 34.0 Å². The van der Waals surface area contributed by atoms with Crippen molar-refractivity contribution in [1.82, 2.24) is 5.32 Å². The second-order valence-electron chi connectivity index (χ2n) is 4.69. The predicted molar refractivity (Wildman–Crippen MR) is 75.1 cm³/mol.